The van der Waals surface area contributed by atoms with Crippen molar-refractivity contribution in [2.75, 3.05) is 13.2 Å². The highest BCUT2D eigenvalue weighted by atomic mass is 35.5. The van der Waals surface area contributed by atoms with E-state index in [1.54, 1.807) is 0 Å². The Labute approximate surface area is 72.8 Å². The van der Waals surface area contributed by atoms with Crippen LogP contribution in [0.4, 0.5) is 0 Å². The average molecular weight is 179 g/mol. The van der Waals surface area contributed by atoms with Gasteiger partial charge < -0.3 is 9.47 Å². The normalized spacial score (nSPS) is 32.2. The average Bonchev–Trinajstić information content (AvgIpc) is 2.03. The van der Waals surface area contributed by atoms with Crippen molar-refractivity contribution in [2.45, 2.75) is 37.9 Å². The number of alkyl halides is 1. The molecule has 0 aliphatic carbocycles. The minimum absolute atomic E-state index is 0.0512. The SMILES string of the molecule is CCCO[C@H]1OCCC[C@@H]1Cl. The first-order valence-corrected chi connectivity index (χ1v) is 4.65. The van der Waals surface area contributed by atoms with E-state index < -0.39 is 0 Å². The summed E-state index contributed by atoms with van der Waals surface area (Å²) in [4.78, 5) is 0. The zero-order chi connectivity index (χ0) is 8.10. The zero-order valence-corrected chi connectivity index (χ0v) is 7.64. The Kier molecular flexibility index (Phi) is 4.20. The predicted octanol–water partition coefficient (Wildman–Crippen LogP) is 2.16. The van der Waals surface area contributed by atoms with Crippen molar-refractivity contribution in [3.63, 3.8) is 0 Å². The van der Waals surface area contributed by atoms with Crippen LogP contribution in [0.25, 0.3) is 0 Å². The number of hydrogen-bond acceptors (Lipinski definition) is 2. The van der Waals surface area contributed by atoms with Gasteiger partial charge in [0.25, 0.3) is 0 Å². The highest BCUT2D eigenvalue weighted by Gasteiger charge is 2.23. The molecule has 0 N–H and O–H groups in total. The summed E-state index contributed by atoms with van der Waals surface area (Å²) < 4.78 is 10.7. The lowest BCUT2D eigenvalue weighted by Gasteiger charge is -2.27. The first kappa shape index (κ1) is 9.30. The third-order valence-corrected chi connectivity index (χ3v) is 2.11. The number of ether oxygens (including phenoxy) is 2. The van der Waals surface area contributed by atoms with Crippen LogP contribution in [0, 0.1) is 0 Å². The fourth-order valence-corrected chi connectivity index (χ4v) is 1.40. The van der Waals surface area contributed by atoms with E-state index in [1.807, 2.05) is 0 Å². The van der Waals surface area contributed by atoms with Gasteiger partial charge >= 0.3 is 0 Å². The lowest BCUT2D eigenvalue weighted by molar-refractivity contribution is -0.159. The molecular formula is C8H15ClO2. The Morgan fingerprint density at radius 3 is 3.09 bits per heavy atom. The van der Waals surface area contributed by atoms with Gasteiger partial charge in [-0.25, -0.2) is 0 Å². The predicted molar refractivity (Wildman–Crippen MR) is 44.9 cm³/mol. The third kappa shape index (κ3) is 2.97. The van der Waals surface area contributed by atoms with Gasteiger partial charge in [0.2, 0.25) is 0 Å². The molecule has 2 atom stereocenters. The van der Waals surface area contributed by atoms with Crippen molar-refractivity contribution in [1.29, 1.82) is 0 Å². The van der Waals surface area contributed by atoms with Crippen LogP contribution in [-0.2, 0) is 9.47 Å². The van der Waals surface area contributed by atoms with Gasteiger partial charge in [0.15, 0.2) is 6.29 Å². The highest BCUT2D eigenvalue weighted by Crippen LogP contribution is 2.20. The van der Waals surface area contributed by atoms with Crippen LogP contribution in [0.5, 0.6) is 0 Å². The van der Waals surface area contributed by atoms with E-state index in [0.29, 0.717) is 0 Å². The Hall–Kier alpha value is 0.210. The van der Waals surface area contributed by atoms with Crippen molar-refractivity contribution in [1.82, 2.24) is 0 Å². The van der Waals surface area contributed by atoms with Gasteiger partial charge in [-0.05, 0) is 19.3 Å². The summed E-state index contributed by atoms with van der Waals surface area (Å²) in [7, 11) is 0. The summed E-state index contributed by atoms with van der Waals surface area (Å²) in [5.41, 5.74) is 0. The van der Waals surface area contributed by atoms with Gasteiger partial charge in [0.1, 0.15) is 0 Å². The van der Waals surface area contributed by atoms with E-state index in [2.05, 4.69) is 6.92 Å². The molecule has 0 aromatic heterocycles. The first-order valence-electron chi connectivity index (χ1n) is 4.22. The molecule has 66 valence electrons. The molecule has 0 unspecified atom stereocenters. The molecule has 1 aliphatic heterocycles. The smallest absolute Gasteiger partial charge is 0.173 e. The van der Waals surface area contributed by atoms with Crippen LogP contribution in [0.3, 0.4) is 0 Å². The van der Waals surface area contributed by atoms with E-state index >= 15 is 0 Å². The second kappa shape index (κ2) is 4.96. The standard InChI is InChI=1S/C8H15ClO2/c1-2-5-10-8-7(9)4-3-6-11-8/h7-8H,2-6H2,1H3/t7-,8-/m0/s1. The molecule has 0 aromatic rings. The van der Waals surface area contributed by atoms with E-state index in [9.17, 15) is 0 Å². The molecule has 1 fully saturated rings. The van der Waals surface area contributed by atoms with Crippen LogP contribution in [0.2, 0.25) is 0 Å². The van der Waals surface area contributed by atoms with Gasteiger partial charge in [0.05, 0.1) is 5.38 Å². The van der Waals surface area contributed by atoms with Crippen molar-refractivity contribution >= 4 is 11.6 Å². The number of halogens is 1. The molecule has 0 radical (unpaired) electrons. The van der Waals surface area contributed by atoms with Crippen molar-refractivity contribution in [2.24, 2.45) is 0 Å². The molecule has 1 saturated heterocycles. The zero-order valence-electron chi connectivity index (χ0n) is 6.88. The minimum Gasteiger partial charge on any atom is -0.351 e. The van der Waals surface area contributed by atoms with Gasteiger partial charge in [-0.3, -0.25) is 0 Å². The van der Waals surface area contributed by atoms with Gasteiger partial charge in [-0.15, -0.1) is 11.6 Å². The van der Waals surface area contributed by atoms with Crippen LogP contribution in [0.15, 0.2) is 0 Å². The maximum atomic E-state index is 5.97. The quantitative estimate of drug-likeness (QED) is 0.617. The molecule has 0 spiro atoms. The maximum Gasteiger partial charge on any atom is 0.173 e. The fourth-order valence-electron chi connectivity index (χ4n) is 1.10. The lowest BCUT2D eigenvalue weighted by atomic mass is 10.2. The topological polar surface area (TPSA) is 18.5 Å². The van der Waals surface area contributed by atoms with Crippen LogP contribution in [0.1, 0.15) is 26.2 Å². The Morgan fingerprint density at radius 1 is 1.64 bits per heavy atom. The molecule has 1 aliphatic rings. The highest BCUT2D eigenvalue weighted by molar-refractivity contribution is 6.20. The molecule has 0 aromatic carbocycles. The molecule has 1 rings (SSSR count). The van der Waals surface area contributed by atoms with E-state index in [-0.39, 0.29) is 11.7 Å². The van der Waals surface area contributed by atoms with Crippen LogP contribution in [-0.4, -0.2) is 24.9 Å². The molecule has 11 heavy (non-hydrogen) atoms. The Morgan fingerprint density at radius 2 is 2.45 bits per heavy atom. The first-order chi connectivity index (χ1) is 5.34. The van der Waals surface area contributed by atoms with Crippen molar-refractivity contribution in [3.05, 3.63) is 0 Å². The van der Waals surface area contributed by atoms with Crippen molar-refractivity contribution < 1.29 is 9.47 Å². The minimum atomic E-state index is -0.162. The van der Waals surface area contributed by atoms with Crippen molar-refractivity contribution in [3.8, 4) is 0 Å². The monoisotopic (exact) mass is 178 g/mol. The maximum absolute atomic E-state index is 5.97. The summed E-state index contributed by atoms with van der Waals surface area (Å²) in [5.74, 6) is 0. The largest absolute Gasteiger partial charge is 0.351 e. The summed E-state index contributed by atoms with van der Waals surface area (Å²) in [6.45, 7) is 3.61. The van der Waals surface area contributed by atoms with E-state index in [1.165, 1.54) is 0 Å². The Bertz CT molecular complexity index is 108. The molecule has 0 saturated carbocycles. The summed E-state index contributed by atoms with van der Waals surface area (Å²) >= 11 is 5.97. The molecule has 2 nitrogen and oxygen atoms in total. The van der Waals surface area contributed by atoms with Gasteiger partial charge in [0, 0.05) is 13.2 Å². The number of rotatable bonds is 3. The van der Waals surface area contributed by atoms with Gasteiger partial charge in [-0.2, -0.15) is 0 Å². The second-order valence-electron chi connectivity index (χ2n) is 2.77. The number of hydrogen-bond donors (Lipinski definition) is 0. The summed E-state index contributed by atoms with van der Waals surface area (Å²) in [6, 6.07) is 0. The molecule has 3 heteroatoms. The molecule has 0 bridgehead atoms. The van der Waals surface area contributed by atoms with Crippen LogP contribution >= 0.6 is 11.6 Å². The fraction of sp³-hybridized carbons (Fsp3) is 1.00. The third-order valence-electron chi connectivity index (χ3n) is 1.69. The van der Waals surface area contributed by atoms with E-state index in [4.69, 9.17) is 21.1 Å². The van der Waals surface area contributed by atoms with Crippen LogP contribution < -0.4 is 0 Å². The van der Waals surface area contributed by atoms with E-state index in [0.717, 1.165) is 32.5 Å². The second-order valence-corrected chi connectivity index (χ2v) is 3.33. The summed E-state index contributed by atoms with van der Waals surface area (Å²) in [5, 5.41) is 0.0512. The summed E-state index contributed by atoms with van der Waals surface area (Å²) in [6.07, 6.45) is 2.92. The van der Waals surface area contributed by atoms with Gasteiger partial charge in [-0.1, -0.05) is 6.92 Å². The molecular weight excluding hydrogens is 164 g/mol. The lowest BCUT2D eigenvalue weighted by Crippen LogP contribution is -2.32. The molecule has 1 heterocycles. The molecule has 0 amide bonds. The Balaban J connectivity index is 2.18.